The number of piperazine rings is 1. The van der Waals surface area contributed by atoms with Crippen molar-refractivity contribution in [3.05, 3.63) is 83.8 Å². The fraction of sp³-hybridized carbons (Fsp3) is 0.296. The molecule has 1 aliphatic rings. The zero-order valence-corrected chi connectivity index (χ0v) is 22.1. The summed E-state index contributed by atoms with van der Waals surface area (Å²) >= 11 is 1.43. The van der Waals surface area contributed by atoms with Gasteiger partial charge in [0.2, 0.25) is 11.8 Å². The van der Waals surface area contributed by atoms with E-state index in [4.69, 9.17) is 9.15 Å². The molecule has 1 saturated heterocycles. The van der Waals surface area contributed by atoms with Gasteiger partial charge in [-0.05, 0) is 29.8 Å². The van der Waals surface area contributed by atoms with Crippen molar-refractivity contribution in [2.24, 2.45) is 0 Å². The van der Waals surface area contributed by atoms with Gasteiger partial charge in [0.15, 0.2) is 10.9 Å². The van der Waals surface area contributed by atoms with E-state index in [0.717, 1.165) is 22.8 Å². The summed E-state index contributed by atoms with van der Waals surface area (Å²) in [5.74, 6) is 2.20. The Kier molecular flexibility index (Phi) is 7.73. The number of rotatable bonds is 8. The first-order valence-electron chi connectivity index (χ1n) is 12.3. The fourth-order valence-corrected chi connectivity index (χ4v) is 5.09. The average Bonchev–Trinajstić information content (AvgIpc) is 3.59. The molecule has 2 amide bonds. The third-order valence-electron chi connectivity index (χ3n) is 6.34. The Morgan fingerprint density at radius 1 is 0.974 bits per heavy atom. The van der Waals surface area contributed by atoms with Crippen LogP contribution < -0.4 is 4.74 Å². The predicted molar refractivity (Wildman–Crippen MR) is 141 cm³/mol. The molecule has 0 saturated carbocycles. The van der Waals surface area contributed by atoms with Crippen LogP contribution in [0.1, 0.15) is 34.7 Å². The third-order valence-corrected chi connectivity index (χ3v) is 7.26. The van der Waals surface area contributed by atoms with Gasteiger partial charge in [-0.25, -0.2) is 4.98 Å². The number of methoxy groups -OCH3 is 1. The Hall–Kier alpha value is -4.12. The fourth-order valence-electron chi connectivity index (χ4n) is 4.27. The molecule has 1 aliphatic heterocycles. The molecule has 0 bridgehead atoms. The summed E-state index contributed by atoms with van der Waals surface area (Å²) in [5, 5.41) is 9.62. The highest BCUT2D eigenvalue weighted by Crippen LogP contribution is 2.27. The lowest BCUT2D eigenvalue weighted by atomic mass is 10.1. The number of carbonyl (C=O) groups is 2. The van der Waals surface area contributed by atoms with E-state index in [1.807, 2.05) is 47.0 Å². The van der Waals surface area contributed by atoms with Crippen LogP contribution >= 0.6 is 11.8 Å². The Morgan fingerprint density at radius 3 is 2.37 bits per heavy atom. The third kappa shape index (κ3) is 5.72. The van der Waals surface area contributed by atoms with Crippen LogP contribution in [0, 0.1) is 0 Å². The Balaban J connectivity index is 1.30. The van der Waals surface area contributed by atoms with Crippen molar-refractivity contribution >= 4 is 23.6 Å². The number of hydrogen-bond donors (Lipinski definition) is 0. The predicted octanol–water partition coefficient (Wildman–Crippen LogP) is 3.45. The van der Waals surface area contributed by atoms with Gasteiger partial charge in [-0.15, -0.1) is 10.2 Å². The first kappa shape index (κ1) is 25.5. The summed E-state index contributed by atoms with van der Waals surface area (Å²) in [7, 11) is 1.64. The number of benzene rings is 2. The lowest BCUT2D eigenvalue weighted by molar-refractivity contribution is -0.130. The molecule has 0 atom stereocenters. The van der Waals surface area contributed by atoms with E-state index in [1.165, 1.54) is 18.0 Å². The lowest BCUT2D eigenvalue weighted by Gasteiger charge is -2.33. The van der Waals surface area contributed by atoms with Crippen molar-refractivity contribution in [3.8, 4) is 11.4 Å². The maximum absolute atomic E-state index is 12.9. The molecule has 1 fully saturated rings. The van der Waals surface area contributed by atoms with Crippen molar-refractivity contribution in [1.29, 1.82) is 0 Å². The average molecular weight is 533 g/mol. The standard InChI is InChI=1S/C27H28N6O4S/c1-19(34)31-12-14-32(15-13-31)26(35)23-17-37-25(28-23)18-38-27-30-29-24(16-20-6-4-3-5-7-20)33(27)21-8-10-22(36-2)11-9-21/h3-11,17H,12-16,18H2,1-2H3. The minimum absolute atomic E-state index is 0.0206. The number of thioether (sulfide) groups is 1. The summed E-state index contributed by atoms with van der Waals surface area (Å²) in [6, 6.07) is 17.9. The van der Waals surface area contributed by atoms with Gasteiger partial charge in [0.25, 0.3) is 5.91 Å². The van der Waals surface area contributed by atoms with Crippen LogP contribution in [0.3, 0.4) is 0 Å². The molecular weight excluding hydrogens is 504 g/mol. The Bertz CT molecular complexity index is 1390. The molecule has 4 aromatic rings. The number of hydrogen-bond acceptors (Lipinski definition) is 8. The van der Waals surface area contributed by atoms with Crippen molar-refractivity contribution < 1.29 is 18.7 Å². The van der Waals surface area contributed by atoms with E-state index in [2.05, 4.69) is 27.3 Å². The molecule has 0 N–H and O–H groups in total. The van der Waals surface area contributed by atoms with Crippen molar-refractivity contribution in [2.75, 3.05) is 33.3 Å². The van der Waals surface area contributed by atoms with E-state index < -0.39 is 0 Å². The van der Waals surface area contributed by atoms with Crippen LogP contribution in [-0.4, -0.2) is 74.7 Å². The maximum atomic E-state index is 12.9. The highest BCUT2D eigenvalue weighted by atomic mass is 32.2. The lowest BCUT2D eigenvalue weighted by Crippen LogP contribution is -2.50. The van der Waals surface area contributed by atoms with Gasteiger partial charge in [-0.2, -0.15) is 0 Å². The molecule has 38 heavy (non-hydrogen) atoms. The molecule has 0 spiro atoms. The van der Waals surface area contributed by atoms with Crippen LogP contribution in [-0.2, 0) is 17.0 Å². The summed E-state index contributed by atoms with van der Waals surface area (Å²) in [6.45, 7) is 3.54. The van der Waals surface area contributed by atoms with E-state index >= 15 is 0 Å². The van der Waals surface area contributed by atoms with E-state index in [9.17, 15) is 9.59 Å². The second-order valence-electron chi connectivity index (χ2n) is 8.81. The number of nitrogens with zero attached hydrogens (tertiary/aromatic N) is 6. The van der Waals surface area contributed by atoms with Gasteiger partial charge in [-0.1, -0.05) is 42.1 Å². The Morgan fingerprint density at radius 2 is 1.68 bits per heavy atom. The molecule has 0 aliphatic carbocycles. The summed E-state index contributed by atoms with van der Waals surface area (Å²) in [5.41, 5.74) is 2.31. The second-order valence-corrected chi connectivity index (χ2v) is 9.75. The second kappa shape index (κ2) is 11.5. The molecule has 2 aromatic carbocycles. The van der Waals surface area contributed by atoms with Gasteiger partial charge >= 0.3 is 0 Å². The highest BCUT2D eigenvalue weighted by Gasteiger charge is 2.25. The summed E-state index contributed by atoms with van der Waals surface area (Å²) in [6.07, 6.45) is 2.01. The van der Waals surface area contributed by atoms with Gasteiger partial charge in [0.05, 0.1) is 12.9 Å². The SMILES string of the molecule is COc1ccc(-n2c(Cc3ccccc3)nnc2SCc2nc(C(=O)N3CCN(C(C)=O)CC3)co2)cc1. The van der Waals surface area contributed by atoms with E-state index in [-0.39, 0.29) is 17.5 Å². The zero-order chi connectivity index (χ0) is 26.5. The molecular formula is C27H28N6O4S. The van der Waals surface area contributed by atoms with Gasteiger partial charge in [-0.3, -0.25) is 14.2 Å². The van der Waals surface area contributed by atoms with Crippen LogP contribution in [0.5, 0.6) is 5.75 Å². The smallest absolute Gasteiger partial charge is 0.275 e. The van der Waals surface area contributed by atoms with E-state index in [1.54, 1.807) is 23.8 Å². The molecule has 196 valence electrons. The number of oxazole rings is 1. The normalized spacial score (nSPS) is 13.5. The summed E-state index contributed by atoms with van der Waals surface area (Å²) < 4.78 is 12.9. The molecule has 10 nitrogen and oxygen atoms in total. The molecule has 2 aromatic heterocycles. The monoisotopic (exact) mass is 532 g/mol. The van der Waals surface area contributed by atoms with Crippen molar-refractivity contribution in [2.45, 2.75) is 24.3 Å². The summed E-state index contributed by atoms with van der Waals surface area (Å²) in [4.78, 5) is 32.3. The molecule has 0 radical (unpaired) electrons. The zero-order valence-electron chi connectivity index (χ0n) is 21.2. The first-order valence-corrected chi connectivity index (χ1v) is 13.2. The first-order chi connectivity index (χ1) is 18.5. The van der Waals surface area contributed by atoms with Crippen molar-refractivity contribution in [1.82, 2.24) is 29.5 Å². The molecule has 5 rings (SSSR count). The van der Waals surface area contributed by atoms with Crippen molar-refractivity contribution in [3.63, 3.8) is 0 Å². The minimum Gasteiger partial charge on any atom is -0.497 e. The minimum atomic E-state index is -0.195. The van der Waals surface area contributed by atoms with E-state index in [0.29, 0.717) is 49.4 Å². The number of carbonyl (C=O) groups excluding carboxylic acids is 2. The van der Waals surface area contributed by atoms with Crippen LogP contribution in [0.4, 0.5) is 0 Å². The van der Waals surface area contributed by atoms with Gasteiger partial charge in [0.1, 0.15) is 17.8 Å². The largest absolute Gasteiger partial charge is 0.497 e. The number of amides is 2. The highest BCUT2D eigenvalue weighted by molar-refractivity contribution is 7.98. The van der Waals surface area contributed by atoms with Crippen LogP contribution in [0.2, 0.25) is 0 Å². The Labute approximate surface area is 224 Å². The van der Waals surface area contributed by atoms with Crippen LogP contribution in [0.15, 0.2) is 70.4 Å². The number of ether oxygens (including phenoxy) is 1. The maximum Gasteiger partial charge on any atom is 0.275 e. The topological polar surface area (TPSA) is 107 Å². The molecule has 11 heteroatoms. The molecule has 3 heterocycles. The molecule has 0 unspecified atom stereocenters. The van der Waals surface area contributed by atoms with Gasteiger partial charge < -0.3 is 19.0 Å². The van der Waals surface area contributed by atoms with Crippen LogP contribution in [0.25, 0.3) is 5.69 Å². The van der Waals surface area contributed by atoms with Gasteiger partial charge in [0, 0.05) is 45.2 Å². The quantitative estimate of drug-likeness (QED) is 0.318. The number of aromatic nitrogens is 4.